The number of hydrogen-bond acceptors (Lipinski definition) is 2. The minimum absolute atomic E-state index is 0.300. The highest BCUT2D eigenvalue weighted by atomic mass is 16.4. The number of nitrogens with zero attached hydrogens (tertiary/aromatic N) is 1. The molecule has 0 spiro atoms. The first-order chi connectivity index (χ1) is 17.6. The molecule has 0 bridgehead atoms. The first-order valence-corrected chi connectivity index (χ1v) is 16.6. The molecular formula is C33H67NO2. The van der Waals surface area contributed by atoms with Gasteiger partial charge in [-0.25, -0.2) is 0 Å². The molecule has 1 atom stereocenters. The van der Waals surface area contributed by atoms with Crippen LogP contribution in [0.25, 0.3) is 0 Å². The van der Waals surface area contributed by atoms with Crippen molar-refractivity contribution >= 4 is 5.97 Å². The van der Waals surface area contributed by atoms with Crippen LogP contribution in [0.3, 0.4) is 0 Å². The predicted molar refractivity (Wildman–Crippen MR) is 160 cm³/mol. The fourth-order valence-electron chi connectivity index (χ4n) is 5.38. The van der Waals surface area contributed by atoms with Gasteiger partial charge in [0.1, 0.15) is 0 Å². The minimum atomic E-state index is -0.655. The van der Waals surface area contributed by atoms with Crippen LogP contribution in [0.2, 0.25) is 0 Å². The van der Waals surface area contributed by atoms with Gasteiger partial charge in [-0.3, -0.25) is 4.79 Å². The van der Waals surface area contributed by atoms with Gasteiger partial charge in [-0.1, -0.05) is 155 Å². The molecule has 0 saturated heterocycles. The third-order valence-corrected chi connectivity index (χ3v) is 8.00. The molecule has 0 aromatic heterocycles. The summed E-state index contributed by atoms with van der Waals surface area (Å²) in [6.07, 6.45) is 34.4. The quantitative estimate of drug-likeness (QED) is 0.0978. The van der Waals surface area contributed by atoms with Gasteiger partial charge >= 0.3 is 5.97 Å². The van der Waals surface area contributed by atoms with Crippen LogP contribution in [-0.4, -0.2) is 35.1 Å². The van der Waals surface area contributed by atoms with E-state index in [2.05, 4.69) is 25.7 Å². The van der Waals surface area contributed by atoms with E-state index in [1.165, 1.54) is 154 Å². The molecule has 3 nitrogen and oxygen atoms in total. The Kier molecular flexibility index (Phi) is 28.5. The van der Waals surface area contributed by atoms with Crippen LogP contribution >= 0.6 is 0 Å². The van der Waals surface area contributed by atoms with Crippen molar-refractivity contribution in [3.8, 4) is 0 Å². The van der Waals surface area contributed by atoms with Crippen molar-refractivity contribution in [1.29, 1.82) is 0 Å². The van der Waals surface area contributed by atoms with E-state index in [9.17, 15) is 4.79 Å². The Morgan fingerprint density at radius 2 is 0.806 bits per heavy atom. The highest BCUT2D eigenvalue weighted by Gasteiger charge is 2.14. The normalized spacial score (nSPS) is 12.4. The lowest BCUT2D eigenvalue weighted by Crippen LogP contribution is -2.35. The van der Waals surface area contributed by atoms with Gasteiger partial charge in [0.15, 0.2) is 0 Å². The predicted octanol–water partition coefficient (Wildman–Crippen LogP) is 10.9. The number of carboxylic acids is 1. The lowest BCUT2D eigenvalue weighted by Gasteiger charge is -2.29. The zero-order chi connectivity index (χ0) is 26.5. The molecule has 0 rings (SSSR count). The Labute approximate surface area is 227 Å². The van der Waals surface area contributed by atoms with Crippen LogP contribution in [0.5, 0.6) is 0 Å². The molecule has 0 heterocycles. The first-order valence-electron chi connectivity index (χ1n) is 16.6. The number of rotatable bonds is 30. The molecule has 0 amide bonds. The third kappa shape index (κ3) is 26.5. The van der Waals surface area contributed by atoms with Gasteiger partial charge in [0.2, 0.25) is 0 Å². The van der Waals surface area contributed by atoms with Crippen molar-refractivity contribution in [1.82, 2.24) is 4.90 Å². The number of carbonyl (C=O) groups is 1. The molecule has 0 radical (unpaired) electrons. The van der Waals surface area contributed by atoms with Crippen molar-refractivity contribution in [3.63, 3.8) is 0 Å². The lowest BCUT2D eigenvalue weighted by molar-refractivity contribution is -0.137. The van der Waals surface area contributed by atoms with E-state index in [-0.39, 0.29) is 0 Å². The summed E-state index contributed by atoms with van der Waals surface area (Å²) in [5.74, 6) is -0.655. The van der Waals surface area contributed by atoms with Crippen molar-refractivity contribution in [3.05, 3.63) is 0 Å². The molecule has 0 aliphatic heterocycles. The SMILES string of the molecule is CCCCCCCCCCCCCCN(CCCCCCCCCCCCCC)C(C)CCC(=O)O. The zero-order valence-corrected chi connectivity index (χ0v) is 25.2. The minimum Gasteiger partial charge on any atom is -0.481 e. The maximum absolute atomic E-state index is 11.1. The van der Waals surface area contributed by atoms with Crippen LogP contribution in [-0.2, 0) is 4.79 Å². The summed E-state index contributed by atoms with van der Waals surface area (Å²) in [5, 5.41) is 9.10. The molecule has 3 heteroatoms. The number of carboxylic acid groups (broad SMARTS) is 1. The summed E-state index contributed by atoms with van der Waals surface area (Å²) in [6, 6.07) is 0.390. The molecule has 36 heavy (non-hydrogen) atoms. The zero-order valence-electron chi connectivity index (χ0n) is 25.2. The monoisotopic (exact) mass is 510 g/mol. The van der Waals surface area contributed by atoms with Crippen LogP contribution in [0.1, 0.15) is 188 Å². The highest BCUT2D eigenvalue weighted by Crippen LogP contribution is 2.16. The Morgan fingerprint density at radius 3 is 1.08 bits per heavy atom. The van der Waals surface area contributed by atoms with E-state index in [0.717, 1.165) is 19.5 Å². The average Bonchev–Trinajstić information content (AvgIpc) is 2.87. The van der Waals surface area contributed by atoms with E-state index in [4.69, 9.17) is 5.11 Å². The van der Waals surface area contributed by atoms with Gasteiger partial charge in [-0.2, -0.15) is 0 Å². The van der Waals surface area contributed by atoms with E-state index >= 15 is 0 Å². The van der Waals surface area contributed by atoms with Crippen molar-refractivity contribution in [2.75, 3.05) is 13.1 Å². The lowest BCUT2D eigenvalue weighted by atomic mass is 10.0. The van der Waals surface area contributed by atoms with E-state index < -0.39 is 5.97 Å². The molecule has 0 aliphatic rings. The fraction of sp³-hybridized carbons (Fsp3) is 0.970. The summed E-state index contributed by atoms with van der Waals surface area (Å²) in [4.78, 5) is 13.6. The largest absolute Gasteiger partial charge is 0.481 e. The van der Waals surface area contributed by atoms with Gasteiger partial charge in [-0.15, -0.1) is 0 Å². The Morgan fingerprint density at radius 1 is 0.528 bits per heavy atom. The molecule has 1 N–H and O–H groups in total. The maximum atomic E-state index is 11.1. The van der Waals surface area contributed by atoms with Crippen molar-refractivity contribution in [2.24, 2.45) is 0 Å². The molecular weight excluding hydrogens is 442 g/mol. The molecule has 216 valence electrons. The number of aliphatic carboxylic acids is 1. The van der Waals surface area contributed by atoms with E-state index in [0.29, 0.717) is 12.5 Å². The average molecular weight is 510 g/mol. The molecule has 0 aromatic rings. The van der Waals surface area contributed by atoms with Gasteiger partial charge < -0.3 is 10.0 Å². The van der Waals surface area contributed by atoms with E-state index in [1.54, 1.807) is 0 Å². The standard InChI is InChI=1S/C33H67NO2/c1-4-6-8-10-12-14-16-18-20-22-24-26-30-34(32(3)28-29-33(35)36)31-27-25-23-21-19-17-15-13-11-9-7-5-2/h32H,4-31H2,1-3H3,(H,35,36). The molecule has 0 aromatic carbocycles. The molecule has 1 unspecified atom stereocenters. The molecule has 0 aliphatic carbocycles. The van der Waals surface area contributed by atoms with Gasteiger partial charge in [0, 0.05) is 12.5 Å². The topological polar surface area (TPSA) is 40.5 Å². The Bertz CT molecular complexity index is 411. The van der Waals surface area contributed by atoms with Gasteiger partial charge in [0.25, 0.3) is 0 Å². The van der Waals surface area contributed by atoms with Crippen LogP contribution in [0.4, 0.5) is 0 Å². The molecule has 0 fully saturated rings. The summed E-state index contributed by atoms with van der Waals surface area (Å²) in [6.45, 7) is 9.11. The third-order valence-electron chi connectivity index (χ3n) is 8.00. The second kappa shape index (κ2) is 29.0. The Hall–Kier alpha value is -0.570. The highest BCUT2D eigenvalue weighted by molar-refractivity contribution is 5.66. The maximum Gasteiger partial charge on any atom is 0.303 e. The second-order valence-corrected chi connectivity index (χ2v) is 11.6. The van der Waals surface area contributed by atoms with E-state index in [1.807, 2.05) is 0 Å². The van der Waals surface area contributed by atoms with Crippen LogP contribution < -0.4 is 0 Å². The van der Waals surface area contributed by atoms with Crippen LogP contribution in [0, 0.1) is 0 Å². The second-order valence-electron chi connectivity index (χ2n) is 11.6. The van der Waals surface area contributed by atoms with Crippen LogP contribution in [0.15, 0.2) is 0 Å². The summed E-state index contributed by atoms with van der Waals surface area (Å²) in [5.41, 5.74) is 0. The van der Waals surface area contributed by atoms with Gasteiger partial charge in [-0.05, 0) is 39.3 Å². The summed E-state index contributed by atoms with van der Waals surface area (Å²) < 4.78 is 0. The van der Waals surface area contributed by atoms with Crippen molar-refractivity contribution in [2.45, 2.75) is 194 Å². The number of hydrogen-bond donors (Lipinski definition) is 1. The fourth-order valence-corrected chi connectivity index (χ4v) is 5.38. The van der Waals surface area contributed by atoms with Crippen molar-refractivity contribution < 1.29 is 9.90 Å². The first kappa shape index (κ1) is 35.4. The van der Waals surface area contributed by atoms with Gasteiger partial charge in [0.05, 0.1) is 0 Å². The molecule has 0 saturated carbocycles. The smallest absolute Gasteiger partial charge is 0.303 e. The Balaban J connectivity index is 3.84. The summed E-state index contributed by atoms with van der Waals surface area (Å²) >= 11 is 0. The number of unbranched alkanes of at least 4 members (excludes halogenated alkanes) is 22. The summed E-state index contributed by atoms with van der Waals surface area (Å²) in [7, 11) is 0.